The van der Waals surface area contributed by atoms with Crippen LogP contribution in [0.3, 0.4) is 0 Å². The van der Waals surface area contributed by atoms with E-state index in [4.69, 9.17) is 21.8 Å². The third kappa shape index (κ3) is 2.60. The summed E-state index contributed by atoms with van der Waals surface area (Å²) in [7, 11) is 0. The van der Waals surface area contributed by atoms with Gasteiger partial charge in [0.2, 0.25) is 0 Å². The summed E-state index contributed by atoms with van der Waals surface area (Å²) in [4.78, 5) is 9.86. The van der Waals surface area contributed by atoms with Crippen LogP contribution in [0.2, 0.25) is 0 Å². The summed E-state index contributed by atoms with van der Waals surface area (Å²) in [5.41, 5.74) is 6.59. The molecule has 4 aromatic carbocycles. The number of pyridine rings is 2. The molecule has 6 aromatic rings. The third-order valence-electron chi connectivity index (χ3n) is 6.77. The summed E-state index contributed by atoms with van der Waals surface area (Å²) >= 11 is 6.78. The third-order valence-corrected chi connectivity index (χ3v) is 11.7. The van der Waals surface area contributed by atoms with Crippen molar-refractivity contribution in [1.29, 1.82) is 0 Å². The maximum atomic E-state index is 6.78. The minimum Gasteiger partial charge on any atom is -0.256 e. The predicted molar refractivity (Wildman–Crippen MR) is 148 cm³/mol. The van der Waals surface area contributed by atoms with Crippen LogP contribution in [-0.2, 0) is 11.8 Å². The summed E-state index contributed by atoms with van der Waals surface area (Å²) in [6.07, 6.45) is 3.77. The first-order valence-corrected chi connectivity index (χ1v) is 14.1. The van der Waals surface area contributed by atoms with Gasteiger partial charge in [-0.15, -0.1) is 0 Å². The van der Waals surface area contributed by atoms with E-state index in [0.29, 0.717) is 0 Å². The first-order chi connectivity index (χ1) is 16.8. The normalized spacial score (nSPS) is 13.6. The van der Waals surface area contributed by atoms with Crippen molar-refractivity contribution in [2.24, 2.45) is 0 Å². The number of aromatic nitrogens is 2. The van der Waals surface area contributed by atoms with Gasteiger partial charge in [-0.2, -0.15) is 0 Å². The minimum atomic E-state index is -2.35. The van der Waals surface area contributed by atoms with Gasteiger partial charge in [0.25, 0.3) is 0 Å². The molecule has 0 fully saturated rings. The highest BCUT2D eigenvalue weighted by Crippen LogP contribution is 2.54. The van der Waals surface area contributed by atoms with E-state index in [1.807, 2.05) is 24.5 Å². The van der Waals surface area contributed by atoms with Gasteiger partial charge in [-0.05, 0) is 28.6 Å². The highest BCUT2D eigenvalue weighted by molar-refractivity contribution is 8.25. The SMILES string of the molecule is S=P1(c2ccccc2)c2ccccc2-c2c(c3ncccc3c3cccnc23)-c2ccccc21. The summed E-state index contributed by atoms with van der Waals surface area (Å²) in [6.45, 7) is 0. The first-order valence-electron chi connectivity index (χ1n) is 11.3. The van der Waals surface area contributed by atoms with Gasteiger partial charge in [-0.3, -0.25) is 9.97 Å². The number of benzene rings is 4. The minimum absolute atomic E-state index is 0.997. The smallest absolute Gasteiger partial charge is 0.0794 e. The molecule has 0 unspecified atom stereocenters. The zero-order valence-corrected chi connectivity index (χ0v) is 19.9. The second-order valence-electron chi connectivity index (χ2n) is 8.53. The Bertz CT molecular complexity index is 1680. The molecule has 160 valence electrons. The summed E-state index contributed by atoms with van der Waals surface area (Å²) in [5.74, 6) is 0. The van der Waals surface area contributed by atoms with E-state index in [1.54, 1.807) is 0 Å². The summed E-state index contributed by atoms with van der Waals surface area (Å²) in [6, 6.07) is 33.9. The van der Waals surface area contributed by atoms with Gasteiger partial charge < -0.3 is 0 Å². The lowest BCUT2D eigenvalue weighted by atomic mass is 9.89. The molecule has 4 heteroatoms. The van der Waals surface area contributed by atoms with Crippen LogP contribution in [0.4, 0.5) is 0 Å². The van der Waals surface area contributed by atoms with Crippen LogP contribution in [0.5, 0.6) is 0 Å². The Hall–Kier alpha value is -3.65. The van der Waals surface area contributed by atoms with Gasteiger partial charge in [-0.1, -0.05) is 103 Å². The zero-order chi connectivity index (χ0) is 22.7. The molecule has 34 heavy (non-hydrogen) atoms. The first kappa shape index (κ1) is 19.8. The Morgan fingerprint density at radius 2 is 0.971 bits per heavy atom. The van der Waals surface area contributed by atoms with E-state index >= 15 is 0 Å². The van der Waals surface area contributed by atoms with Crippen LogP contribution in [0.15, 0.2) is 116 Å². The van der Waals surface area contributed by atoms with Gasteiger partial charge in [-0.25, -0.2) is 0 Å². The molecular weight excluding hydrogens is 451 g/mol. The van der Waals surface area contributed by atoms with Crippen LogP contribution in [0, 0.1) is 0 Å². The lowest BCUT2D eigenvalue weighted by Crippen LogP contribution is -2.25. The second kappa shape index (κ2) is 7.43. The molecule has 3 heterocycles. The van der Waals surface area contributed by atoms with Crippen molar-refractivity contribution < 1.29 is 0 Å². The molecule has 0 saturated carbocycles. The number of rotatable bonds is 1. The van der Waals surface area contributed by atoms with Gasteiger partial charge in [0, 0.05) is 50.9 Å². The van der Waals surface area contributed by atoms with Crippen molar-refractivity contribution in [2.45, 2.75) is 0 Å². The molecule has 2 aromatic heterocycles. The van der Waals surface area contributed by atoms with Gasteiger partial charge in [0.15, 0.2) is 0 Å². The lowest BCUT2D eigenvalue weighted by Gasteiger charge is -2.25. The Morgan fingerprint density at radius 3 is 1.50 bits per heavy atom. The van der Waals surface area contributed by atoms with Crippen molar-refractivity contribution >= 4 is 55.6 Å². The topological polar surface area (TPSA) is 25.8 Å². The molecule has 1 aliphatic rings. The Balaban J connectivity index is 1.80. The lowest BCUT2D eigenvalue weighted by molar-refractivity contribution is 1.39. The molecule has 0 atom stereocenters. The van der Waals surface area contributed by atoms with Crippen molar-refractivity contribution in [1.82, 2.24) is 9.97 Å². The quantitative estimate of drug-likeness (QED) is 0.211. The van der Waals surface area contributed by atoms with E-state index in [9.17, 15) is 0 Å². The Morgan fingerprint density at radius 1 is 0.500 bits per heavy atom. The molecule has 0 radical (unpaired) electrons. The number of hydrogen-bond donors (Lipinski definition) is 0. The molecule has 0 bridgehead atoms. The molecule has 0 aliphatic carbocycles. The highest BCUT2D eigenvalue weighted by atomic mass is 32.4. The maximum Gasteiger partial charge on any atom is 0.0794 e. The number of hydrogen-bond acceptors (Lipinski definition) is 3. The van der Waals surface area contributed by atoms with Crippen molar-refractivity contribution in [3.8, 4) is 22.3 Å². The molecule has 7 rings (SSSR count). The fourth-order valence-corrected chi connectivity index (χ4v) is 9.74. The standard InChI is InChI=1S/C30H19N2PS/c34-33(20-10-2-1-3-11-20)25-16-6-4-12-23(25)27-28(24-13-5-7-17-26(24)33)30-22(15-9-19-32-30)21-14-8-18-31-29(21)27/h1-19H. The van der Waals surface area contributed by atoms with Gasteiger partial charge in [0.05, 0.1) is 11.0 Å². The molecule has 1 aliphatic heterocycles. The Labute approximate surface area is 203 Å². The summed E-state index contributed by atoms with van der Waals surface area (Å²) < 4.78 is 0. The molecular formula is C30H19N2PS. The van der Waals surface area contributed by atoms with Crippen molar-refractivity contribution in [3.63, 3.8) is 0 Å². The van der Waals surface area contributed by atoms with E-state index in [1.165, 1.54) is 15.9 Å². The average molecular weight is 471 g/mol. The van der Waals surface area contributed by atoms with Crippen LogP contribution in [0.25, 0.3) is 44.1 Å². The predicted octanol–water partition coefficient (Wildman–Crippen LogP) is 6.19. The van der Waals surface area contributed by atoms with E-state index in [0.717, 1.165) is 44.1 Å². The fourth-order valence-electron chi connectivity index (χ4n) is 5.37. The van der Waals surface area contributed by atoms with Gasteiger partial charge >= 0.3 is 0 Å². The average Bonchev–Trinajstić information content (AvgIpc) is 3.02. The monoisotopic (exact) mass is 470 g/mol. The molecule has 0 spiro atoms. The number of nitrogens with zero attached hydrogens (tertiary/aromatic N) is 2. The van der Waals surface area contributed by atoms with Crippen molar-refractivity contribution in [2.75, 3.05) is 0 Å². The van der Waals surface area contributed by atoms with Crippen LogP contribution >= 0.6 is 6.04 Å². The fraction of sp³-hybridized carbons (Fsp3) is 0. The maximum absolute atomic E-state index is 6.78. The molecule has 0 N–H and O–H groups in total. The zero-order valence-electron chi connectivity index (χ0n) is 18.2. The largest absolute Gasteiger partial charge is 0.256 e. The number of fused-ring (bicyclic) bond motifs is 10. The highest BCUT2D eigenvalue weighted by Gasteiger charge is 2.35. The van der Waals surface area contributed by atoms with E-state index in [2.05, 4.69) is 91.0 Å². The second-order valence-corrected chi connectivity index (χ2v) is 12.9. The van der Waals surface area contributed by atoms with E-state index < -0.39 is 6.04 Å². The molecule has 2 nitrogen and oxygen atoms in total. The molecule has 0 amide bonds. The Kier molecular flexibility index (Phi) is 4.32. The van der Waals surface area contributed by atoms with E-state index in [-0.39, 0.29) is 0 Å². The summed E-state index contributed by atoms with van der Waals surface area (Å²) in [5, 5.41) is 5.86. The van der Waals surface area contributed by atoms with Crippen molar-refractivity contribution in [3.05, 3.63) is 116 Å². The van der Waals surface area contributed by atoms with Crippen LogP contribution < -0.4 is 15.9 Å². The molecule has 0 saturated heterocycles. The van der Waals surface area contributed by atoms with Crippen LogP contribution in [-0.4, -0.2) is 9.97 Å². The van der Waals surface area contributed by atoms with Crippen LogP contribution in [0.1, 0.15) is 0 Å². The van der Waals surface area contributed by atoms with Gasteiger partial charge in [0.1, 0.15) is 0 Å².